The Hall–Kier alpha value is -4.56. The first-order valence-corrected chi connectivity index (χ1v) is 17.7. The molecular formula is C36H41BrN8O5. The van der Waals surface area contributed by atoms with Gasteiger partial charge >= 0.3 is 12.0 Å². The average molecular weight is 746 g/mol. The Bertz CT molecular complexity index is 1980. The number of rotatable bonds is 12. The Kier molecular flexibility index (Phi) is 9.86. The van der Waals surface area contributed by atoms with Gasteiger partial charge in [-0.2, -0.15) is 5.10 Å². The molecule has 3 aromatic heterocycles. The Morgan fingerprint density at radius 3 is 2.52 bits per heavy atom. The number of halogens is 1. The van der Waals surface area contributed by atoms with Gasteiger partial charge in [0.1, 0.15) is 34.7 Å². The van der Waals surface area contributed by atoms with E-state index in [2.05, 4.69) is 48.2 Å². The van der Waals surface area contributed by atoms with Crippen LogP contribution in [0.4, 0.5) is 5.82 Å². The SMILES string of the molecule is CCCC[C@@]12C[C@@H](C(=O)Nc3nc(Br)ccc3C)N(C(=O)Cn3nc(C(C)=O)c4cc(-c5cnc(OC(=O)[C@@H](N)C(C)C)nc5)ccc43)[C@@H]1C2. The number of pyridine rings is 1. The first-order valence-electron chi connectivity index (χ1n) is 16.9. The highest BCUT2D eigenvalue weighted by Crippen LogP contribution is 2.62. The Morgan fingerprint density at radius 1 is 1.10 bits per heavy atom. The number of piperidine rings is 1. The van der Waals surface area contributed by atoms with Gasteiger partial charge in [0.05, 0.1) is 5.52 Å². The molecule has 1 aliphatic heterocycles. The van der Waals surface area contributed by atoms with E-state index in [-0.39, 0.29) is 53.2 Å². The van der Waals surface area contributed by atoms with E-state index < -0.39 is 18.1 Å². The number of nitrogens with two attached hydrogens (primary N) is 1. The molecule has 13 nitrogen and oxygen atoms in total. The van der Waals surface area contributed by atoms with Gasteiger partial charge in [0.2, 0.25) is 11.8 Å². The molecule has 1 saturated heterocycles. The van der Waals surface area contributed by atoms with Crippen LogP contribution in [0.15, 0.2) is 47.3 Å². The van der Waals surface area contributed by atoms with Crippen LogP contribution in [0.5, 0.6) is 6.01 Å². The molecule has 1 saturated carbocycles. The minimum Gasteiger partial charge on any atom is -0.390 e. The van der Waals surface area contributed by atoms with Crippen LogP contribution < -0.4 is 15.8 Å². The van der Waals surface area contributed by atoms with Gasteiger partial charge in [-0.25, -0.2) is 19.7 Å². The first-order chi connectivity index (χ1) is 23.8. The molecule has 4 atom stereocenters. The zero-order chi connectivity index (χ0) is 35.9. The van der Waals surface area contributed by atoms with E-state index >= 15 is 0 Å². The van der Waals surface area contributed by atoms with E-state index in [1.165, 1.54) is 19.3 Å². The highest BCUT2D eigenvalue weighted by Gasteiger charge is 2.66. The van der Waals surface area contributed by atoms with E-state index in [1.807, 2.05) is 39.0 Å². The molecule has 262 valence electrons. The molecule has 14 heteroatoms. The Morgan fingerprint density at radius 2 is 1.84 bits per heavy atom. The monoisotopic (exact) mass is 744 g/mol. The van der Waals surface area contributed by atoms with Gasteiger partial charge < -0.3 is 20.7 Å². The number of benzene rings is 1. The summed E-state index contributed by atoms with van der Waals surface area (Å²) in [6.45, 7) is 8.94. The number of amides is 2. The third-order valence-corrected chi connectivity index (χ3v) is 10.3. The normalized spacial score (nSPS) is 20.1. The van der Waals surface area contributed by atoms with Crippen LogP contribution in [0.2, 0.25) is 0 Å². The maximum Gasteiger partial charge on any atom is 0.330 e. The number of esters is 1. The summed E-state index contributed by atoms with van der Waals surface area (Å²) >= 11 is 3.38. The summed E-state index contributed by atoms with van der Waals surface area (Å²) in [4.78, 5) is 67.4. The molecule has 4 aromatic rings. The Balaban J connectivity index is 1.25. The fraction of sp³-hybridized carbons (Fsp3) is 0.444. The quantitative estimate of drug-likeness (QED) is 0.111. The average Bonchev–Trinajstić information content (AvgIpc) is 3.50. The van der Waals surface area contributed by atoms with E-state index in [0.29, 0.717) is 38.9 Å². The van der Waals surface area contributed by atoms with Gasteiger partial charge in [-0.3, -0.25) is 19.1 Å². The van der Waals surface area contributed by atoms with E-state index in [9.17, 15) is 19.2 Å². The molecule has 50 heavy (non-hydrogen) atoms. The molecule has 3 N–H and O–H groups in total. The number of hydrogen-bond donors (Lipinski definition) is 2. The molecule has 0 radical (unpaired) electrons. The van der Waals surface area contributed by atoms with Crippen LogP contribution in [0.25, 0.3) is 22.0 Å². The van der Waals surface area contributed by atoms with Crippen molar-refractivity contribution >= 4 is 56.2 Å². The summed E-state index contributed by atoms with van der Waals surface area (Å²) in [5.74, 6) is -1.02. The molecule has 2 amide bonds. The number of aryl methyl sites for hydroxylation is 1. The van der Waals surface area contributed by atoms with Gasteiger partial charge in [0.25, 0.3) is 0 Å². The van der Waals surface area contributed by atoms with Gasteiger partial charge in [-0.05, 0) is 82.8 Å². The third kappa shape index (κ3) is 6.91. The second kappa shape index (κ2) is 14.0. The summed E-state index contributed by atoms with van der Waals surface area (Å²) in [7, 11) is 0. The third-order valence-electron chi connectivity index (χ3n) is 9.85. The molecule has 2 fully saturated rings. The van der Waals surface area contributed by atoms with Crippen molar-refractivity contribution in [3.05, 3.63) is 58.6 Å². The number of Topliss-reactive ketones (excluding diaryl/α,β-unsaturated/α-hetero) is 1. The van der Waals surface area contributed by atoms with Crippen molar-refractivity contribution in [2.24, 2.45) is 17.1 Å². The number of nitrogens with one attached hydrogen (secondary N) is 1. The Labute approximate surface area is 298 Å². The number of unbranched alkanes of at least 4 members (excludes halogenated alkanes) is 1. The zero-order valence-electron chi connectivity index (χ0n) is 28.8. The lowest BCUT2D eigenvalue weighted by Gasteiger charge is -2.27. The summed E-state index contributed by atoms with van der Waals surface area (Å²) in [5, 5.41) is 8.11. The number of nitrogens with zero attached hydrogens (tertiary/aromatic N) is 6. The number of ketones is 1. The van der Waals surface area contributed by atoms with Gasteiger partial charge in [-0.15, -0.1) is 0 Å². The van der Waals surface area contributed by atoms with Crippen molar-refractivity contribution in [1.29, 1.82) is 0 Å². The number of fused-ring (bicyclic) bond motifs is 2. The summed E-state index contributed by atoms with van der Waals surface area (Å²) in [5.41, 5.74) is 8.76. The molecule has 0 spiro atoms. The lowest BCUT2D eigenvalue weighted by atomic mass is 9.93. The molecule has 6 rings (SSSR count). The van der Waals surface area contributed by atoms with E-state index in [4.69, 9.17) is 10.5 Å². The highest BCUT2D eigenvalue weighted by atomic mass is 79.9. The molecule has 0 unspecified atom stereocenters. The predicted octanol–water partition coefficient (Wildman–Crippen LogP) is 5.24. The van der Waals surface area contributed by atoms with Gasteiger partial charge in [-0.1, -0.05) is 45.7 Å². The molecule has 0 bridgehead atoms. The lowest BCUT2D eigenvalue weighted by molar-refractivity contribution is -0.138. The minimum atomic E-state index is -0.797. The number of carbonyl (C=O) groups excluding carboxylic acids is 4. The number of carbonyl (C=O) groups is 4. The van der Waals surface area contributed by atoms with Crippen molar-refractivity contribution in [3.63, 3.8) is 0 Å². The van der Waals surface area contributed by atoms with E-state index in [1.54, 1.807) is 21.7 Å². The topological polar surface area (TPSA) is 175 Å². The predicted molar refractivity (Wildman–Crippen MR) is 190 cm³/mol. The fourth-order valence-corrected chi connectivity index (χ4v) is 7.14. The number of ether oxygens (including phenoxy) is 1. The van der Waals surface area contributed by atoms with E-state index in [0.717, 1.165) is 31.2 Å². The summed E-state index contributed by atoms with van der Waals surface area (Å²) in [6, 6.07) is 7.51. The van der Waals surface area contributed by atoms with Crippen molar-refractivity contribution in [3.8, 4) is 17.1 Å². The number of anilines is 1. The molecular weight excluding hydrogens is 704 g/mol. The molecule has 4 heterocycles. The maximum absolute atomic E-state index is 14.2. The van der Waals surface area contributed by atoms with Gasteiger partial charge in [0, 0.05) is 36.3 Å². The number of likely N-dealkylation sites (tertiary alicyclic amines) is 1. The van der Waals surface area contributed by atoms with Crippen LogP contribution >= 0.6 is 15.9 Å². The second-order valence-corrected chi connectivity index (χ2v) is 14.5. The van der Waals surface area contributed by atoms with Crippen LogP contribution in [0, 0.1) is 18.3 Å². The number of aromatic nitrogens is 5. The smallest absolute Gasteiger partial charge is 0.330 e. The first kappa shape index (κ1) is 35.3. The van der Waals surface area contributed by atoms with Crippen molar-refractivity contribution < 1.29 is 23.9 Å². The van der Waals surface area contributed by atoms with Crippen LogP contribution in [-0.2, 0) is 20.9 Å². The number of hydrogen-bond acceptors (Lipinski definition) is 10. The molecule has 1 aromatic carbocycles. The van der Waals surface area contributed by atoms with Crippen molar-refractivity contribution in [1.82, 2.24) is 29.6 Å². The van der Waals surface area contributed by atoms with Gasteiger partial charge in [0.15, 0.2) is 5.78 Å². The molecule has 2 aliphatic rings. The van der Waals surface area contributed by atoms with Crippen LogP contribution in [-0.4, -0.2) is 71.3 Å². The largest absolute Gasteiger partial charge is 0.390 e. The minimum absolute atomic E-state index is 0.0297. The second-order valence-electron chi connectivity index (χ2n) is 13.7. The lowest BCUT2D eigenvalue weighted by Crippen LogP contribution is -2.47. The van der Waals surface area contributed by atoms with Crippen molar-refractivity contribution in [2.45, 2.75) is 91.4 Å². The standard InChI is InChI=1S/C36H41BrN8O5/c1-6-7-12-36-14-26(33(48)42-32-20(4)8-11-28(37)41-32)45(27(36)15-36)29(47)18-44-25-10-9-22(13-24(25)31(43-44)21(5)46)23-16-39-35(40-17-23)50-34(49)30(38)19(2)3/h8-11,13,16-17,19,26-27,30H,6-7,12,14-15,18,38H2,1-5H3,(H,41,42,48)/t26-,27+,30-,36-/m0/s1. The molecule has 1 aliphatic carbocycles. The fourth-order valence-electron chi connectivity index (χ4n) is 6.83. The zero-order valence-corrected chi connectivity index (χ0v) is 30.4. The van der Waals surface area contributed by atoms with Crippen LogP contribution in [0.1, 0.15) is 75.9 Å². The van der Waals surface area contributed by atoms with Crippen molar-refractivity contribution in [2.75, 3.05) is 5.32 Å². The summed E-state index contributed by atoms with van der Waals surface area (Å²) < 4.78 is 7.36. The summed E-state index contributed by atoms with van der Waals surface area (Å²) in [6.07, 6.45) is 7.51. The van der Waals surface area contributed by atoms with Crippen LogP contribution in [0.3, 0.4) is 0 Å². The maximum atomic E-state index is 14.2. The highest BCUT2D eigenvalue weighted by molar-refractivity contribution is 9.10.